The Bertz CT molecular complexity index is 524. The summed E-state index contributed by atoms with van der Waals surface area (Å²) in [5.74, 6) is 0.763. The first-order valence-electron chi connectivity index (χ1n) is 7.03. The average molecular weight is 273 g/mol. The minimum absolute atomic E-state index is 0.0519. The molecule has 1 saturated carbocycles. The van der Waals surface area contributed by atoms with Crippen LogP contribution >= 0.6 is 0 Å². The van der Waals surface area contributed by atoms with Gasteiger partial charge in [0.25, 0.3) is 0 Å². The molecule has 20 heavy (non-hydrogen) atoms. The minimum Gasteiger partial charge on any atom is -0.508 e. The van der Waals surface area contributed by atoms with Gasteiger partial charge in [-0.1, -0.05) is 37.6 Å². The lowest BCUT2D eigenvalue weighted by atomic mass is 10.1. The van der Waals surface area contributed by atoms with Crippen LogP contribution in [0.2, 0.25) is 0 Å². The van der Waals surface area contributed by atoms with Crippen LogP contribution < -0.4 is 5.32 Å². The minimum atomic E-state index is 0.0519. The number of phenols is 1. The molecule has 108 valence electrons. The van der Waals surface area contributed by atoms with Crippen molar-refractivity contribution >= 4 is 5.91 Å². The van der Waals surface area contributed by atoms with Crippen LogP contribution in [0.5, 0.6) is 5.75 Å². The van der Waals surface area contributed by atoms with E-state index >= 15 is 0 Å². The van der Waals surface area contributed by atoms with Crippen LogP contribution in [0.4, 0.5) is 0 Å². The van der Waals surface area contributed by atoms with Gasteiger partial charge in [-0.3, -0.25) is 4.79 Å². The van der Waals surface area contributed by atoms with E-state index in [4.69, 9.17) is 0 Å². The zero-order valence-corrected chi connectivity index (χ0v) is 12.6. The normalized spacial score (nSPS) is 23.0. The SMILES string of the molecule is CC(C)=C[C@H]1[C@H](C(=O)NCc2ccc(O)cc2)C1(C)C. The Hall–Kier alpha value is -1.77. The van der Waals surface area contributed by atoms with Crippen LogP contribution in [0, 0.1) is 17.3 Å². The summed E-state index contributed by atoms with van der Waals surface area (Å²) in [6, 6.07) is 6.91. The van der Waals surface area contributed by atoms with Gasteiger partial charge < -0.3 is 10.4 Å². The molecule has 0 heterocycles. The fourth-order valence-electron chi connectivity index (χ4n) is 2.76. The number of allylic oxidation sites excluding steroid dienone is 2. The van der Waals surface area contributed by atoms with Gasteiger partial charge in [0, 0.05) is 6.54 Å². The molecule has 3 heteroatoms. The Kier molecular flexibility index (Phi) is 3.89. The Morgan fingerprint density at radius 3 is 2.45 bits per heavy atom. The van der Waals surface area contributed by atoms with Crippen molar-refractivity contribution in [2.75, 3.05) is 0 Å². The van der Waals surface area contributed by atoms with Crippen molar-refractivity contribution in [1.29, 1.82) is 0 Å². The van der Waals surface area contributed by atoms with Crippen LogP contribution in [0.1, 0.15) is 33.3 Å². The number of phenolic OH excluding ortho intramolecular Hbond substituents is 1. The lowest BCUT2D eigenvalue weighted by Gasteiger charge is -2.06. The molecule has 3 nitrogen and oxygen atoms in total. The molecule has 1 fully saturated rings. The Morgan fingerprint density at radius 1 is 1.30 bits per heavy atom. The van der Waals surface area contributed by atoms with E-state index in [1.54, 1.807) is 12.1 Å². The molecule has 0 unspecified atom stereocenters. The summed E-state index contributed by atoms with van der Waals surface area (Å²) >= 11 is 0. The number of aromatic hydroxyl groups is 1. The van der Waals surface area contributed by atoms with Crippen molar-refractivity contribution in [3.8, 4) is 5.75 Å². The quantitative estimate of drug-likeness (QED) is 0.827. The fraction of sp³-hybridized carbons (Fsp3) is 0.471. The fourth-order valence-corrected chi connectivity index (χ4v) is 2.76. The monoisotopic (exact) mass is 273 g/mol. The highest BCUT2D eigenvalue weighted by Crippen LogP contribution is 2.59. The topological polar surface area (TPSA) is 49.3 Å². The van der Waals surface area contributed by atoms with Crippen molar-refractivity contribution < 1.29 is 9.90 Å². The van der Waals surface area contributed by atoms with Crippen LogP contribution in [-0.4, -0.2) is 11.0 Å². The number of hydrogen-bond donors (Lipinski definition) is 2. The maximum atomic E-state index is 12.3. The molecule has 0 aromatic heterocycles. The molecule has 1 amide bonds. The first kappa shape index (κ1) is 14.6. The van der Waals surface area contributed by atoms with Crippen molar-refractivity contribution in [3.63, 3.8) is 0 Å². The van der Waals surface area contributed by atoms with E-state index in [1.165, 1.54) is 5.57 Å². The summed E-state index contributed by atoms with van der Waals surface area (Å²) in [7, 11) is 0. The summed E-state index contributed by atoms with van der Waals surface area (Å²) in [5.41, 5.74) is 2.31. The lowest BCUT2D eigenvalue weighted by molar-refractivity contribution is -0.123. The zero-order chi connectivity index (χ0) is 14.9. The molecule has 0 bridgehead atoms. The lowest BCUT2D eigenvalue weighted by Crippen LogP contribution is -2.26. The third-order valence-electron chi connectivity index (χ3n) is 4.11. The van der Waals surface area contributed by atoms with Crippen LogP contribution in [0.3, 0.4) is 0 Å². The Morgan fingerprint density at radius 2 is 1.90 bits per heavy atom. The summed E-state index contributed by atoms with van der Waals surface area (Å²) in [6.45, 7) is 8.93. The third kappa shape index (κ3) is 3.03. The number of carbonyl (C=O) groups is 1. The van der Waals surface area contributed by atoms with Crippen molar-refractivity contribution in [2.45, 2.75) is 34.2 Å². The molecule has 1 aromatic rings. The molecule has 1 aromatic carbocycles. The van der Waals surface area contributed by atoms with E-state index in [1.807, 2.05) is 12.1 Å². The van der Waals surface area contributed by atoms with Gasteiger partial charge in [0.05, 0.1) is 5.92 Å². The largest absolute Gasteiger partial charge is 0.508 e. The molecule has 0 aliphatic heterocycles. The molecule has 2 rings (SSSR count). The Labute approximate surface area is 120 Å². The van der Waals surface area contributed by atoms with Crippen LogP contribution in [-0.2, 0) is 11.3 Å². The second-order valence-electron chi connectivity index (χ2n) is 6.45. The second kappa shape index (κ2) is 5.31. The average Bonchev–Trinajstić information content (AvgIpc) is 2.89. The van der Waals surface area contributed by atoms with Crippen LogP contribution in [0.25, 0.3) is 0 Å². The number of rotatable bonds is 4. The number of hydrogen-bond acceptors (Lipinski definition) is 2. The third-order valence-corrected chi connectivity index (χ3v) is 4.11. The summed E-state index contributed by atoms with van der Waals surface area (Å²) < 4.78 is 0. The standard InChI is InChI=1S/C17H23NO2/c1-11(2)9-14-15(17(14,3)4)16(20)18-10-12-5-7-13(19)8-6-12/h5-9,14-15,19H,10H2,1-4H3,(H,18,20)/t14-,15+/m0/s1. The molecule has 1 aliphatic rings. The first-order valence-corrected chi connectivity index (χ1v) is 7.03. The summed E-state index contributed by atoms with van der Waals surface area (Å²) in [4.78, 5) is 12.3. The maximum absolute atomic E-state index is 12.3. The highest BCUT2D eigenvalue weighted by atomic mass is 16.3. The van der Waals surface area contributed by atoms with Gasteiger partial charge in [-0.05, 0) is 42.9 Å². The van der Waals surface area contributed by atoms with Crippen molar-refractivity contribution in [3.05, 3.63) is 41.5 Å². The van der Waals surface area contributed by atoms with Gasteiger partial charge in [0.2, 0.25) is 5.91 Å². The van der Waals surface area contributed by atoms with Gasteiger partial charge in [-0.25, -0.2) is 0 Å². The van der Waals surface area contributed by atoms with E-state index in [9.17, 15) is 9.90 Å². The van der Waals surface area contributed by atoms with E-state index in [0.717, 1.165) is 5.56 Å². The predicted molar refractivity (Wildman–Crippen MR) is 80.1 cm³/mol. The number of benzene rings is 1. The molecular weight excluding hydrogens is 250 g/mol. The number of carbonyl (C=O) groups excluding carboxylic acids is 1. The first-order chi connectivity index (χ1) is 9.32. The summed E-state index contributed by atoms with van der Waals surface area (Å²) in [6.07, 6.45) is 2.20. The van der Waals surface area contributed by atoms with E-state index in [2.05, 4.69) is 39.1 Å². The highest BCUT2D eigenvalue weighted by Gasteiger charge is 2.60. The highest BCUT2D eigenvalue weighted by molar-refractivity contribution is 5.83. The smallest absolute Gasteiger partial charge is 0.224 e. The molecule has 0 spiro atoms. The molecule has 2 atom stereocenters. The molecule has 1 aliphatic carbocycles. The molecule has 0 saturated heterocycles. The predicted octanol–water partition coefficient (Wildman–Crippen LogP) is 3.25. The number of nitrogens with one attached hydrogen (secondary N) is 1. The van der Waals surface area contributed by atoms with E-state index in [-0.39, 0.29) is 23.0 Å². The van der Waals surface area contributed by atoms with Crippen molar-refractivity contribution in [1.82, 2.24) is 5.32 Å². The van der Waals surface area contributed by atoms with E-state index in [0.29, 0.717) is 12.5 Å². The van der Waals surface area contributed by atoms with Crippen LogP contribution in [0.15, 0.2) is 35.9 Å². The second-order valence-corrected chi connectivity index (χ2v) is 6.45. The van der Waals surface area contributed by atoms with Gasteiger partial charge in [0.15, 0.2) is 0 Å². The Balaban J connectivity index is 1.93. The van der Waals surface area contributed by atoms with Gasteiger partial charge in [-0.15, -0.1) is 0 Å². The molecule has 2 N–H and O–H groups in total. The van der Waals surface area contributed by atoms with Gasteiger partial charge >= 0.3 is 0 Å². The van der Waals surface area contributed by atoms with Crippen molar-refractivity contribution in [2.24, 2.45) is 17.3 Å². The summed E-state index contributed by atoms with van der Waals surface area (Å²) in [5, 5.41) is 12.2. The number of amides is 1. The molecular formula is C17H23NO2. The maximum Gasteiger partial charge on any atom is 0.224 e. The van der Waals surface area contributed by atoms with Gasteiger partial charge in [0.1, 0.15) is 5.75 Å². The van der Waals surface area contributed by atoms with Gasteiger partial charge in [-0.2, -0.15) is 0 Å². The zero-order valence-electron chi connectivity index (χ0n) is 12.6. The molecule has 0 radical (unpaired) electrons. The van der Waals surface area contributed by atoms with E-state index < -0.39 is 0 Å².